The Balaban J connectivity index is 4.09. The first-order valence-electron chi connectivity index (χ1n) is 4.64. The zero-order valence-corrected chi connectivity index (χ0v) is 9.84. The van der Waals surface area contributed by atoms with Crippen LogP contribution in [0, 0.1) is 0 Å². The molecule has 4 heteroatoms. The summed E-state index contributed by atoms with van der Waals surface area (Å²) in [7, 11) is 0. The average Bonchev–Trinajstić information content (AvgIpc) is 2.11. The van der Waals surface area contributed by atoms with Crippen LogP contribution in [-0.4, -0.2) is 31.0 Å². The van der Waals surface area contributed by atoms with E-state index in [-0.39, 0.29) is 6.10 Å². The smallest absolute Gasteiger partial charge is 0.200 e. The van der Waals surface area contributed by atoms with Gasteiger partial charge in [0.15, 0.2) is 5.79 Å². The Morgan fingerprint density at radius 1 is 1.50 bits per heavy atom. The summed E-state index contributed by atoms with van der Waals surface area (Å²) in [5.74, 6) is -0.317. The van der Waals surface area contributed by atoms with E-state index < -0.39 is 5.79 Å². The molecule has 0 spiro atoms. The topological polar surface area (TPSA) is 27.7 Å². The maximum absolute atomic E-state index is 5.59. The summed E-state index contributed by atoms with van der Waals surface area (Å²) in [6.45, 7) is 9.91. The number of hydrogen-bond donors (Lipinski definition) is 0. The van der Waals surface area contributed by atoms with Gasteiger partial charge in [0.05, 0.1) is 19.0 Å². The first-order chi connectivity index (χ1) is 6.54. The number of alkyl halides is 1. The van der Waals surface area contributed by atoms with Crippen LogP contribution in [0.2, 0.25) is 0 Å². The van der Waals surface area contributed by atoms with Gasteiger partial charge < -0.3 is 14.2 Å². The molecule has 0 heterocycles. The van der Waals surface area contributed by atoms with Crippen LogP contribution in [0.25, 0.3) is 0 Å². The molecule has 0 rings (SSSR count). The molecule has 0 saturated heterocycles. The summed E-state index contributed by atoms with van der Waals surface area (Å²) in [5.41, 5.74) is 0. The number of rotatable bonds is 8. The SMILES string of the molecule is C=COCC(C)(OCCCl)OC(C)C. The first kappa shape index (κ1) is 13.8. The van der Waals surface area contributed by atoms with Crippen LogP contribution < -0.4 is 0 Å². The van der Waals surface area contributed by atoms with Crippen molar-refractivity contribution >= 4 is 11.6 Å². The van der Waals surface area contributed by atoms with Gasteiger partial charge in [-0.25, -0.2) is 0 Å². The second-order valence-corrected chi connectivity index (χ2v) is 3.69. The molecule has 1 unspecified atom stereocenters. The van der Waals surface area contributed by atoms with Gasteiger partial charge in [-0.2, -0.15) is 0 Å². The molecule has 0 N–H and O–H groups in total. The molecule has 1 atom stereocenters. The van der Waals surface area contributed by atoms with Crippen molar-refractivity contribution in [3.05, 3.63) is 12.8 Å². The molecule has 0 aromatic carbocycles. The number of halogens is 1. The van der Waals surface area contributed by atoms with Crippen molar-refractivity contribution in [3.8, 4) is 0 Å². The Morgan fingerprint density at radius 2 is 2.14 bits per heavy atom. The molecular formula is C10H19ClO3. The van der Waals surface area contributed by atoms with E-state index in [0.29, 0.717) is 19.1 Å². The Labute approximate surface area is 91.0 Å². The highest BCUT2D eigenvalue weighted by Gasteiger charge is 2.27. The molecule has 3 nitrogen and oxygen atoms in total. The standard InChI is InChI=1S/C10H19ClO3/c1-5-12-8-10(4,13-7-6-11)14-9(2)3/h5,9H,1,6-8H2,2-4H3. The van der Waals surface area contributed by atoms with Crippen molar-refractivity contribution < 1.29 is 14.2 Å². The lowest BCUT2D eigenvalue weighted by Crippen LogP contribution is -2.40. The minimum Gasteiger partial charge on any atom is -0.496 e. The third-order valence-electron chi connectivity index (χ3n) is 1.43. The van der Waals surface area contributed by atoms with E-state index >= 15 is 0 Å². The normalized spacial score (nSPS) is 15.2. The summed E-state index contributed by atoms with van der Waals surface area (Å²) in [4.78, 5) is 0. The zero-order valence-electron chi connectivity index (χ0n) is 9.09. The fraction of sp³-hybridized carbons (Fsp3) is 0.800. The molecule has 0 aliphatic carbocycles. The van der Waals surface area contributed by atoms with E-state index in [1.165, 1.54) is 6.26 Å². The molecule has 0 bridgehead atoms. The number of hydrogen-bond acceptors (Lipinski definition) is 3. The van der Waals surface area contributed by atoms with E-state index in [0.717, 1.165) is 0 Å². The molecule has 0 aromatic heterocycles. The van der Waals surface area contributed by atoms with Crippen LogP contribution >= 0.6 is 11.6 Å². The van der Waals surface area contributed by atoms with Gasteiger partial charge in [0.1, 0.15) is 6.61 Å². The first-order valence-corrected chi connectivity index (χ1v) is 5.18. The highest BCUT2D eigenvalue weighted by Crippen LogP contribution is 2.16. The van der Waals surface area contributed by atoms with Crippen molar-refractivity contribution in [2.45, 2.75) is 32.7 Å². The predicted octanol–water partition coefficient (Wildman–Crippen LogP) is 2.54. The third-order valence-corrected chi connectivity index (χ3v) is 1.59. The summed E-state index contributed by atoms with van der Waals surface area (Å²) in [6.07, 6.45) is 1.44. The van der Waals surface area contributed by atoms with Crippen LogP contribution in [0.3, 0.4) is 0 Å². The van der Waals surface area contributed by atoms with E-state index in [9.17, 15) is 0 Å². The fourth-order valence-electron chi connectivity index (χ4n) is 1.07. The van der Waals surface area contributed by atoms with Crippen LogP contribution in [0.15, 0.2) is 12.8 Å². The molecule has 0 aliphatic rings. The Kier molecular flexibility index (Phi) is 6.97. The summed E-state index contributed by atoms with van der Waals surface area (Å²) >= 11 is 5.54. The summed E-state index contributed by atoms with van der Waals surface area (Å²) in [6, 6.07) is 0. The molecule has 0 saturated carbocycles. The Morgan fingerprint density at radius 3 is 2.57 bits per heavy atom. The quantitative estimate of drug-likeness (QED) is 0.359. The van der Waals surface area contributed by atoms with Crippen molar-refractivity contribution in [3.63, 3.8) is 0 Å². The van der Waals surface area contributed by atoms with Gasteiger partial charge in [0.2, 0.25) is 0 Å². The van der Waals surface area contributed by atoms with Gasteiger partial charge in [-0.05, 0) is 20.8 Å². The largest absolute Gasteiger partial charge is 0.496 e. The van der Waals surface area contributed by atoms with Gasteiger partial charge in [-0.1, -0.05) is 6.58 Å². The van der Waals surface area contributed by atoms with Crippen molar-refractivity contribution in [2.24, 2.45) is 0 Å². The lowest BCUT2D eigenvalue weighted by Gasteiger charge is -2.30. The maximum atomic E-state index is 5.59. The average molecular weight is 223 g/mol. The van der Waals surface area contributed by atoms with Crippen molar-refractivity contribution in [1.29, 1.82) is 0 Å². The minimum atomic E-state index is -0.753. The van der Waals surface area contributed by atoms with Crippen LogP contribution in [-0.2, 0) is 14.2 Å². The van der Waals surface area contributed by atoms with Gasteiger partial charge in [-0.15, -0.1) is 11.6 Å². The fourth-order valence-corrected chi connectivity index (χ4v) is 1.15. The minimum absolute atomic E-state index is 0.0729. The molecule has 84 valence electrons. The molecule has 0 fully saturated rings. The lowest BCUT2D eigenvalue weighted by atomic mass is 10.3. The molecule has 14 heavy (non-hydrogen) atoms. The highest BCUT2D eigenvalue weighted by atomic mass is 35.5. The van der Waals surface area contributed by atoms with Gasteiger partial charge in [-0.3, -0.25) is 0 Å². The molecule has 0 aromatic rings. The second kappa shape index (κ2) is 7.10. The van der Waals surface area contributed by atoms with E-state index in [1.54, 1.807) is 0 Å². The van der Waals surface area contributed by atoms with Gasteiger partial charge in [0.25, 0.3) is 0 Å². The van der Waals surface area contributed by atoms with Gasteiger partial charge in [0, 0.05) is 5.88 Å². The maximum Gasteiger partial charge on any atom is 0.200 e. The molecule has 0 aliphatic heterocycles. The van der Waals surface area contributed by atoms with Crippen LogP contribution in [0.5, 0.6) is 0 Å². The van der Waals surface area contributed by atoms with E-state index in [1.807, 2.05) is 20.8 Å². The van der Waals surface area contributed by atoms with E-state index in [2.05, 4.69) is 6.58 Å². The van der Waals surface area contributed by atoms with Crippen LogP contribution in [0.4, 0.5) is 0 Å². The lowest BCUT2D eigenvalue weighted by molar-refractivity contribution is -0.256. The highest BCUT2D eigenvalue weighted by molar-refractivity contribution is 6.17. The Bertz CT molecular complexity index is 161. The predicted molar refractivity (Wildman–Crippen MR) is 57.4 cm³/mol. The summed E-state index contributed by atoms with van der Waals surface area (Å²) in [5, 5.41) is 0. The molecule has 0 amide bonds. The number of ether oxygens (including phenoxy) is 3. The second-order valence-electron chi connectivity index (χ2n) is 3.32. The zero-order chi connectivity index (χ0) is 11.0. The van der Waals surface area contributed by atoms with E-state index in [4.69, 9.17) is 25.8 Å². The van der Waals surface area contributed by atoms with Crippen molar-refractivity contribution in [2.75, 3.05) is 19.1 Å². The monoisotopic (exact) mass is 222 g/mol. The molecular weight excluding hydrogens is 204 g/mol. The van der Waals surface area contributed by atoms with Crippen LogP contribution in [0.1, 0.15) is 20.8 Å². The molecule has 0 radical (unpaired) electrons. The van der Waals surface area contributed by atoms with Gasteiger partial charge >= 0.3 is 0 Å². The Hall–Kier alpha value is -0.250. The third kappa shape index (κ3) is 6.24. The summed E-state index contributed by atoms with van der Waals surface area (Å²) < 4.78 is 16.1. The van der Waals surface area contributed by atoms with Crippen molar-refractivity contribution in [1.82, 2.24) is 0 Å².